The summed E-state index contributed by atoms with van der Waals surface area (Å²) in [4.78, 5) is 17.0. The van der Waals surface area contributed by atoms with Gasteiger partial charge in [-0.05, 0) is 42.9 Å². The lowest BCUT2D eigenvalue weighted by Gasteiger charge is -2.21. The number of hydrogen-bond donors (Lipinski definition) is 1. The van der Waals surface area contributed by atoms with E-state index >= 15 is 0 Å². The minimum atomic E-state index is 0.0165. The van der Waals surface area contributed by atoms with Crippen molar-refractivity contribution in [3.8, 4) is 11.4 Å². The van der Waals surface area contributed by atoms with Gasteiger partial charge < -0.3 is 5.32 Å². The maximum atomic E-state index is 12.8. The fourth-order valence-corrected chi connectivity index (χ4v) is 4.35. The van der Waals surface area contributed by atoms with Crippen molar-refractivity contribution < 1.29 is 4.79 Å². The predicted molar refractivity (Wildman–Crippen MR) is 119 cm³/mol. The lowest BCUT2D eigenvalue weighted by molar-refractivity contribution is -0.119. The third-order valence-corrected chi connectivity index (χ3v) is 6.02. The van der Waals surface area contributed by atoms with Gasteiger partial charge in [0.1, 0.15) is 0 Å². The number of amides is 1. The minimum Gasteiger partial charge on any atom is -0.349 e. The maximum absolute atomic E-state index is 12.8. The maximum Gasteiger partial charge on any atom is 0.230 e. The molecule has 3 aromatic rings. The highest BCUT2D eigenvalue weighted by molar-refractivity contribution is 7.99. The largest absolute Gasteiger partial charge is 0.349 e. The Morgan fingerprint density at radius 1 is 1.17 bits per heavy atom. The number of benzene rings is 1. The molecule has 1 unspecified atom stereocenters. The first-order valence-electron chi connectivity index (χ1n) is 10.4. The van der Waals surface area contributed by atoms with Crippen LogP contribution in [0.25, 0.3) is 11.4 Å². The molecule has 0 saturated heterocycles. The summed E-state index contributed by atoms with van der Waals surface area (Å²) in [6.07, 6.45) is 6.71. The highest BCUT2D eigenvalue weighted by Gasteiger charge is 2.30. The molecule has 1 aliphatic rings. The van der Waals surface area contributed by atoms with Crippen LogP contribution in [0.1, 0.15) is 50.8 Å². The standard InChI is InChI=1S/C23H27N5OS/c1-16(2)13-20(17-7-4-3-5-8-17)25-21(29)15-30-23-27-26-22(28(23)19-10-11-19)18-9-6-12-24-14-18/h3-9,12,14,16,19-20H,10-11,13,15H2,1-2H3,(H,25,29). The van der Waals surface area contributed by atoms with Crippen LogP contribution in [0, 0.1) is 5.92 Å². The second kappa shape index (κ2) is 9.43. The van der Waals surface area contributed by atoms with Gasteiger partial charge in [-0.3, -0.25) is 14.3 Å². The number of carbonyl (C=O) groups excluding carboxylic acids is 1. The molecule has 4 rings (SSSR count). The first-order valence-corrected chi connectivity index (χ1v) is 11.4. The van der Waals surface area contributed by atoms with Gasteiger partial charge in [0, 0.05) is 24.0 Å². The van der Waals surface area contributed by atoms with Crippen LogP contribution in [0.3, 0.4) is 0 Å². The SMILES string of the molecule is CC(C)CC(NC(=O)CSc1nnc(-c2cccnc2)n1C1CC1)c1ccccc1. The topological polar surface area (TPSA) is 72.7 Å². The summed E-state index contributed by atoms with van der Waals surface area (Å²) >= 11 is 1.45. The van der Waals surface area contributed by atoms with Crippen LogP contribution in [0.15, 0.2) is 60.0 Å². The third-order valence-electron chi connectivity index (χ3n) is 5.07. The van der Waals surface area contributed by atoms with Gasteiger partial charge in [0.2, 0.25) is 5.91 Å². The number of thioether (sulfide) groups is 1. The Kier molecular flexibility index (Phi) is 6.47. The average Bonchev–Trinajstić information content (AvgIpc) is 3.51. The van der Waals surface area contributed by atoms with Crippen molar-refractivity contribution in [3.05, 3.63) is 60.4 Å². The van der Waals surface area contributed by atoms with E-state index in [-0.39, 0.29) is 11.9 Å². The summed E-state index contributed by atoms with van der Waals surface area (Å²) in [5, 5.41) is 12.8. The highest BCUT2D eigenvalue weighted by atomic mass is 32.2. The fourth-order valence-electron chi connectivity index (χ4n) is 3.53. The lowest BCUT2D eigenvalue weighted by Crippen LogP contribution is -2.31. The number of pyridine rings is 1. The van der Waals surface area contributed by atoms with Crippen LogP contribution in [0.4, 0.5) is 0 Å². The number of hydrogen-bond acceptors (Lipinski definition) is 5. The fraction of sp³-hybridized carbons (Fsp3) is 0.391. The van der Waals surface area contributed by atoms with Gasteiger partial charge in [-0.1, -0.05) is 55.9 Å². The molecule has 2 aromatic heterocycles. The second-order valence-corrected chi connectivity index (χ2v) is 9.04. The molecule has 1 N–H and O–H groups in total. The molecule has 0 aliphatic heterocycles. The van der Waals surface area contributed by atoms with E-state index in [4.69, 9.17) is 0 Å². The Balaban J connectivity index is 1.44. The third kappa shape index (κ3) is 5.08. The molecule has 1 saturated carbocycles. The molecule has 0 spiro atoms. The van der Waals surface area contributed by atoms with Crippen LogP contribution in [-0.4, -0.2) is 31.4 Å². The van der Waals surface area contributed by atoms with Gasteiger partial charge in [0.15, 0.2) is 11.0 Å². The van der Waals surface area contributed by atoms with Gasteiger partial charge in [-0.2, -0.15) is 0 Å². The predicted octanol–water partition coefficient (Wildman–Crippen LogP) is 4.67. The number of aromatic nitrogens is 4. The van der Waals surface area contributed by atoms with Gasteiger partial charge in [-0.25, -0.2) is 0 Å². The molecular formula is C23H27N5OS. The zero-order valence-electron chi connectivity index (χ0n) is 17.4. The van der Waals surface area contributed by atoms with Gasteiger partial charge in [-0.15, -0.1) is 10.2 Å². The van der Waals surface area contributed by atoms with E-state index in [0.29, 0.717) is 17.7 Å². The summed E-state index contributed by atoms with van der Waals surface area (Å²) in [6, 6.07) is 14.5. The van der Waals surface area contributed by atoms with Crippen molar-refractivity contribution in [1.29, 1.82) is 0 Å². The summed E-state index contributed by atoms with van der Waals surface area (Å²) in [6.45, 7) is 4.35. The normalized spacial score (nSPS) is 14.6. The van der Waals surface area contributed by atoms with Crippen LogP contribution < -0.4 is 5.32 Å². The summed E-state index contributed by atoms with van der Waals surface area (Å²) in [5.41, 5.74) is 2.10. The van der Waals surface area contributed by atoms with Crippen molar-refractivity contribution in [2.75, 3.05) is 5.75 Å². The molecule has 1 atom stereocenters. The molecule has 1 amide bonds. The number of nitrogens with zero attached hydrogens (tertiary/aromatic N) is 4. The quantitative estimate of drug-likeness (QED) is 0.508. The van der Waals surface area contributed by atoms with Crippen molar-refractivity contribution in [2.24, 2.45) is 5.92 Å². The minimum absolute atomic E-state index is 0.0165. The molecule has 1 aromatic carbocycles. The zero-order chi connectivity index (χ0) is 20.9. The number of carbonyl (C=O) groups is 1. The summed E-state index contributed by atoms with van der Waals surface area (Å²) < 4.78 is 2.16. The molecule has 156 valence electrons. The van der Waals surface area contributed by atoms with Crippen LogP contribution in [-0.2, 0) is 4.79 Å². The molecule has 7 heteroatoms. The Morgan fingerprint density at radius 2 is 1.97 bits per heavy atom. The van der Waals surface area contributed by atoms with E-state index in [0.717, 1.165) is 41.4 Å². The molecule has 30 heavy (non-hydrogen) atoms. The average molecular weight is 422 g/mol. The Bertz CT molecular complexity index is 970. The van der Waals surface area contributed by atoms with Gasteiger partial charge >= 0.3 is 0 Å². The summed E-state index contributed by atoms with van der Waals surface area (Å²) in [7, 11) is 0. The smallest absolute Gasteiger partial charge is 0.230 e. The van der Waals surface area contributed by atoms with E-state index in [1.54, 1.807) is 12.4 Å². The molecule has 0 radical (unpaired) electrons. The zero-order valence-corrected chi connectivity index (χ0v) is 18.2. The molecule has 0 bridgehead atoms. The molecular weight excluding hydrogens is 394 g/mol. The van der Waals surface area contributed by atoms with Crippen molar-refractivity contribution >= 4 is 17.7 Å². The van der Waals surface area contributed by atoms with Crippen LogP contribution >= 0.6 is 11.8 Å². The van der Waals surface area contributed by atoms with Crippen molar-refractivity contribution in [1.82, 2.24) is 25.1 Å². The number of rotatable bonds is 9. The van der Waals surface area contributed by atoms with E-state index in [9.17, 15) is 4.79 Å². The molecule has 2 heterocycles. The molecule has 1 fully saturated rings. The van der Waals surface area contributed by atoms with Crippen LogP contribution in [0.2, 0.25) is 0 Å². The molecule has 6 nitrogen and oxygen atoms in total. The van der Waals surface area contributed by atoms with Gasteiger partial charge in [0.05, 0.1) is 11.8 Å². The first kappa shape index (κ1) is 20.6. The first-order chi connectivity index (χ1) is 14.6. The van der Waals surface area contributed by atoms with E-state index in [1.165, 1.54) is 11.8 Å². The Morgan fingerprint density at radius 3 is 2.63 bits per heavy atom. The Hall–Kier alpha value is -2.67. The second-order valence-electron chi connectivity index (χ2n) is 8.10. The monoisotopic (exact) mass is 421 g/mol. The molecule has 1 aliphatic carbocycles. The van der Waals surface area contributed by atoms with Crippen molar-refractivity contribution in [2.45, 2.75) is 50.4 Å². The van der Waals surface area contributed by atoms with E-state index in [2.05, 4.69) is 51.0 Å². The highest BCUT2D eigenvalue weighted by Crippen LogP contribution is 2.40. The Labute approximate surface area is 181 Å². The number of nitrogens with one attached hydrogen (secondary N) is 1. The summed E-state index contributed by atoms with van der Waals surface area (Å²) in [5.74, 6) is 1.65. The van der Waals surface area contributed by atoms with Crippen molar-refractivity contribution in [3.63, 3.8) is 0 Å². The van der Waals surface area contributed by atoms with E-state index in [1.807, 2.05) is 30.3 Å². The lowest BCUT2D eigenvalue weighted by atomic mass is 9.97. The van der Waals surface area contributed by atoms with Gasteiger partial charge in [0.25, 0.3) is 0 Å². The van der Waals surface area contributed by atoms with Crippen LogP contribution in [0.5, 0.6) is 0 Å². The van der Waals surface area contributed by atoms with E-state index < -0.39 is 0 Å².